The van der Waals surface area contributed by atoms with Crippen molar-refractivity contribution < 1.29 is 22.7 Å². The largest absolute Gasteiger partial charge is 0.573 e. The van der Waals surface area contributed by atoms with Crippen molar-refractivity contribution in [2.45, 2.75) is 12.8 Å². The lowest BCUT2D eigenvalue weighted by molar-refractivity contribution is -0.274. The van der Waals surface area contributed by atoms with Crippen LogP contribution in [0.5, 0.6) is 5.75 Å². The first-order chi connectivity index (χ1) is 12.4. The van der Waals surface area contributed by atoms with E-state index in [1.807, 2.05) is 30.3 Å². The van der Waals surface area contributed by atoms with Gasteiger partial charge >= 0.3 is 6.36 Å². The van der Waals surface area contributed by atoms with Crippen molar-refractivity contribution in [3.63, 3.8) is 0 Å². The van der Waals surface area contributed by atoms with Crippen LogP contribution < -0.4 is 10.1 Å². The van der Waals surface area contributed by atoms with E-state index in [4.69, 9.17) is 0 Å². The van der Waals surface area contributed by atoms with Gasteiger partial charge in [-0.3, -0.25) is 4.79 Å². The number of para-hydroxylation sites is 1. The van der Waals surface area contributed by atoms with Crippen LogP contribution in [0.15, 0.2) is 67.0 Å². The van der Waals surface area contributed by atoms with Crippen molar-refractivity contribution in [2.75, 3.05) is 5.32 Å². The summed E-state index contributed by atoms with van der Waals surface area (Å²) in [5.74, 6) is -0.769. The van der Waals surface area contributed by atoms with Crippen LogP contribution in [-0.4, -0.2) is 22.1 Å². The monoisotopic (exact) mass is 361 g/mol. The molecule has 0 unspecified atom stereocenters. The molecule has 1 heterocycles. The molecule has 0 aliphatic rings. The molecule has 0 bridgehead atoms. The second-order valence-corrected chi connectivity index (χ2v) is 5.43. The van der Waals surface area contributed by atoms with Crippen LogP contribution >= 0.6 is 0 Å². The average molecular weight is 361 g/mol. The fraction of sp³-hybridized carbons (Fsp3) is 0.111. The van der Waals surface area contributed by atoms with Crippen molar-refractivity contribution >= 4 is 11.6 Å². The summed E-state index contributed by atoms with van der Waals surface area (Å²) < 4.78 is 42.2. The second-order valence-electron chi connectivity index (χ2n) is 5.43. The van der Waals surface area contributed by atoms with Gasteiger partial charge in [0, 0.05) is 18.0 Å². The topological polar surface area (TPSA) is 56.2 Å². The van der Waals surface area contributed by atoms with Crippen molar-refractivity contribution in [3.8, 4) is 11.4 Å². The quantitative estimate of drug-likeness (QED) is 0.749. The molecule has 5 nitrogen and oxygen atoms in total. The van der Waals surface area contributed by atoms with Crippen LogP contribution in [0.1, 0.15) is 5.56 Å². The van der Waals surface area contributed by atoms with Crippen LogP contribution in [0.25, 0.3) is 5.69 Å². The molecule has 8 heteroatoms. The number of ether oxygens (including phenoxy) is 1. The summed E-state index contributed by atoms with van der Waals surface area (Å²) in [4.78, 5) is 12.1. The summed E-state index contributed by atoms with van der Waals surface area (Å²) in [6.45, 7) is 0. The summed E-state index contributed by atoms with van der Waals surface area (Å²) in [5, 5.41) is 6.73. The normalized spacial score (nSPS) is 11.2. The summed E-state index contributed by atoms with van der Waals surface area (Å²) in [5.41, 5.74) is 1.75. The fourth-order valence-electron chi connectivity index (χ4n) is 2.33. The van der Waals surface area contributed by atoms with Gasteiger partial charge in [-0.1, -0.05) is 24.3 Å². The third-order valence-corrected chi connectivity index (χ3v) is 3.37. The highest BCUT2D eigenvalue weighted by atomic mass is 19.4. The molecule has 0 saturated carbocycles. The van der Waals surface area contributed by atoms with E-state index >= 15 is 0 Å². The number of rotatable bonds is 5. The number of anilines is 1. The van der Waals surface area contributed by atoms with E-state index in [0.717, 1.165) is 17.8 Å². The maximum Gasteiger partial charge on any atom is 0.573 e. The van der Waals surface area contributed by atoms with Gasteiger partial charge in [0.05, 0.1) is 18.3 Å². The van der Waals surface area contributed by atoms with E-state index in [1.165, 1.54) is 12.1 Å². The molecule has 134 valence electrons. The lowest BCUT2D eigenvalue weighted by Gasteiger charge is -2.10. The van der Waals surface area contributed by atoms with Crippen LogP contribution in [0, 0.1) is 0 Å². The Morgan fingerprint density at radius 1 is 1.12 bits per heavy atom. The maximum absolute atomic E-state index is 12.2. The van der Waals surface area contributed by atoms with E-state index in [9.17, 15) is 18.0 Å². The Hall–Kier alpha value is -3.29. The number of aromatic nitrogens is 2. The van der Waals surface area contributed by atoms with Gasteiger partial charge in [-0.2, -0.15) is 5.10 Å². The van der Waals surface area contributed by atoms with E-state index in [1.54, 1.807) is 17.1 Å². The number of hydrogen-bond acceptors (Lipinski definition) is 3. The number of alkyl halides is 3. The number of hydrogen-bond donors (Lipinski definition) is 1. The van der Waals surface area contributed by atoms with Gasteiger partial charge in [-0.15, -0.1) is 13.2 Å². The van der Waals surface area contributed by atoms with Gasteiger partial charge in [0.15, 0.2) is 0 Å². The Morgan fingerprint density at radius 3 is 2.62 bits per heavy atom. The van der Waals surface area contributed by atoms with Crippen LogP contribution in [-0.2, 0) is 11.2 Å². The highest BCUT2D eigenvalue weighted by molar-refractivity contribution is 5.92. The molecule has 0 fully saturated rings. The van der Waals surface area contributed by atoms with Crippen molar-refractivity contribution in [3.05, 3.63) is 72.6 Å². The first kappa shape index (κ1) is 17.5. The Morgan fingerprint density at radius 2 is 1.88 bits per heavy atom. The zero-order chi connectivity index (χ0) is 18.6. The number of nitrogens with zero attached hydrogens (tertiary/aromatic N) is 2. The molecular formula is C18H14F3N3O2. The number of halogens is 3. The third-order valence-electron chi connectivity index (χ3n) is 3.37. The molecule has 2 aromatic carbocycles. The van der Waals surface area contributed by atoms with Crippen molar-refractivity contribution in [1.29, 1.82) is 0 Å². The maximum atomic E-state index is 12.2. The van der Waals surface area contributed by atoms with Crippen LogP contribution in [0.2, 0.25) is 0 Å². The molecule has 0 spiro atoms. The molecule has 26 heavy (non-hydrogen) atoms. The van der Waals surface area contributed by atoms with Gasteiger partial charge in [-0.05, 0) is 29.8 Å². The lowest BCUT2D eigenvalue weighted by Crippen LogP contribution is -2.18. The van der Waals surface area contributed by atoms with E-state index in [-0.39, 0.29) is 18.0 Å². The molecule has 0 atom stereocenters. The van der Waals surface area contributed by atoms with E-state index < -0.39 is 12.1 Å². The zero-order valence-electron chi connectivity index (χ0n) is 13.4. The molecule has 3 aromatic rings. The average Bonchev–Trinajstić information content (AvgIpc) is 3.02. The van der Waals surface area contributed by atoms with Crippen molar-refractivity contribution in [2.24, 2.45) is 0 Å². The van der Waals surface area contributed by atoms with Gasteiger partial charge in [-0.25, -0.2) is 4.68 Å². The minimum Gasteiger partial charge on any atom is -0.406 e. The summed E-state index contributed by atoms with van der Waals surface area (Å²) in [6, 6.07) is 14.5. The predicted octanol–water partition coefficient (Wildman–Crippen LogP) is 3.95. The van der Waals surface area contributed by atoms with E-state index in [2.05, 4.69) is 15.2 Å². The van der Waals surface area contributed by atoms with E-state index in [0.29, 0.717) is 5.56 Å². The number of carbonyl (C=O) groups is 1. The molecular weight excluding hydrogens is 347 g/mol. The number of amides is 1. The number of carbonyl (C=O) groups excluding carboxylic acids is 1. The SMILES string of the molecule is O=C(Cc1cnn(-c2ccccc2)c1)Nc1cccc(OC(F)(F)F)c1. The van der Waals surface area contributed by atoms with Gasteiger partial charge in [0.2, 0.25) is 5.91 Å². The molecule has 3 rings (SSSR count). The third kappa shape index (κ3) is 4.85. The Bertz CT molecular complexity index is 892. The molecule has 0 aliphatic carbocycles. The highest BCUT2D eigenvalue weighted by Gasteiger charge is 2.31. The minimum atomic E-state index is -4.78. The van der Waals surface area contributed by atoms with Gasteiger partial charge in [0.25, 0.3) is 0 Å². The Kier molecular flexibility index (Phi) is 4.92. The lowest BCUT2D eigenvalue weighted by atomic mass is 10.2. The molecule has 0 saturated heterocycles. The fourth-order valence-corrected chi connectivity index (χ4v) is 2.33. The second kappa shape index (κ2) is 7.30. The Balaban J connectivity index is 1.63. The first-order valence-corrected chi connectivity index (χ1v) is 7.64. The zero-order valence-corrected chi connectivity index (χ0v) is 13.4. The standard InChI is InChI=1S/C18H14F3N3O2/c19-18(20,21)26-16-8-4-5-14(10-16)23-17(25)9-13-11-22-24(12-13)15-6-2-1-3-7-15/h1-8,10-12H,9H2,(H,23,25). The molecule has 1 N–H and O–H groups in total. The van der Waals surface area contributed by atoms with Gasteiger partial charge < -0.3 is 10.1 Å². The van der Waals surface area contributed by atoms with Crippen LogP contribution in [0.3, 0.4) is 0 Å². The molecule has 0 radical (unpaired) electrons. The highest BCUT2D eigenvalue weighted by Crippen LogP contribution is 2.25. The van der Waals surface area contributed by atoms with Crippen LogP contribution in [0.4, 0.5) is 18.9 Å². The predicted molar refractivity (Wildman–Crippen MR) is 89.0 cm³/mol. The Labute approximate surface area is 147 Å². The molecule has 0 aliphatic heterocycles. The smallest absolute Gasteiger partial charge is 0.406 e. The van der Waals surface area contributed by atoms with Gasteiger partial charge in [0.1, 0.15) is 5.75 Å². The first-order valence-electron chi connectivity index (χ1n) is 7.64. The summed E-state index contributed by atoms with van der Waals surface area (Å²) in [7, 11) is 0. The minimum absolute atomic E-state index is 0.0389. The van der Waals surface area contributed by atoms with Crippen molar-refractivity contribution in [1.82, 2.24) is 9.78 Å². The molecule has 1 aromatic heterocycles. The number of nitrogens with one attached hydrogen (secondary N) is 1. The number of benzene rings is 2. The summed E-state index contributed by atoms with van der Waals surface area (Å²) in [6.07, 6.45) is -1.46. The molecule has 1 amide bonds. The summed E-state index contributed by atoms with van der Waals surface area (Å²) >= 11 is 0.